The van der Waals surface area contributed by atoms with Gasteiger partial charge in [0.1, 0.15) is 0 Å². The smallest absolute Gasteiger partial charge is 0.0687 e. The molecule has 0 aromatic carbocycles. The van der Waals surface area contributed by atoms with Gasteiger partial charge in [-0.1, -0.05) is 6.92 Å². The Balaban J connectivity index is 1.80. The fourth-order valence-electron chi connectivity index (χ4n) is 3.29. The van der Waals surface area contributed by atoms with Gasteiger partial charge in [-0.15, -0.1) is 0 Å². The van der Waals surface area contributed by atoms with E-state index in [1.807, 2.05) is 0 Å². The largest absolute Gasteiger partial charge is 0.317 e. The van der Waals surface area contributed by atoms with Crippen LogP contribution in [0.1, 0.15) is 49.1 Å². The Morgan fingerprint density at radius 3 is 2.88 bits per heavy atom. The lowest BCUT2D eigenvalue weighted by molar-refractivity contribution is 0.326. The van der Waals surface area contributed by atoms with Crippen LogP contribution in [0, 0.1) is 5.92 Å². The average molecular weight is 219 g/mol. The molecule has 16 heavy (non-hydrogen) atoms. The van der Waals surface area contributed by atoms with Gasteiger partial charge in [-0.2, -0.15) is 5.10 Å². The molecule has 0 amide bonds. The van der Waals surface area contributed by atoms with Crippen molar-refractivity contribution in [2.45, 2.75) is 44.9 Å². The highest BCUT2D eigenvalue weighted by molar-refractivity contribution is 5.32. The summed E-state index contributed by atoms with van der Waals surface area (Å²) in [4.78, 5) is 0. The molecule has 1 atom stereocenters. The summed E-state index contributed by atoms with van der Waals surface area (Å²) in [5.74, 6) is 1.47. The minimum Gasteiger partial charge on any atom is -0.317 e. The third-order valence-corrected chi connectivity index (χ3v) is 4.36. The van der Waals surface area contributed by atoms with Crippen LogP contribution in [0.2, 0.25) is 0 Å². The molecular formula is C13H21N3. The van der Waals surface area contributed by atoms with Gasteiger partial charge in [0.25, 0.3) is 0 Å². The molecule has 88 valence electrons. The fraction of sp³-hybridized carbons (Fsp3) is 0.769. The summed E-state index contributed by atoms with van der Waals surface area (Å²) in [6.07, 6.45) is 6.39. The first-order valence-corrected chi connectivity index (χ1v) is 6.63. The fourth-order valence-corrected chi connectivity index (χ4v) is 3.29. The van der Waals surface area contributed by atoms with E-state index in [9.17, 15) is 0 Å². The molecule has 3 nitrogen and oxygen atoms in total. The van der Waals surface area contributed by atoms with E-state index in [1.165, 1.54) is 56.6 Å². The molecule has 1 aliphatic carbocycles. The predicted molar refractivity (Wildman–Crippen MR) is 64.6 cm³/mol. The molecule has 1 fully saturated rings. The zero-order chi connectivity index (χ0) is 11.0. The number of aryl methyl sites for hydroxylation is 1. The zero-order valence-electron chi connectivity index (χ0n) is 10.1. The van der Waals surface area contributed by atoms with Crippen LogP contribution in [0.15, 0.2) is 0 Å². The second-order valence-corrected chi connectivity index (χ2v) is 5.30. The summed E-state index contributed by atoms with van der Waals surface area (Å²) in [7, 11) is 0. The first kappa shape index (κ1) is 10.3. The van der Waals surface area contributed by atoms with Crippen LogP contribution in [0.25, 0.3) is 0 Å². The number of fused-ring (bicyclic) bond motifs is 1. The number of piperidine rings is 1. The van der Waals surface area contributed by atoms with Crippen LogP contribution < -0.4 is 5.32 Å². The molecule has 0 radical (unpaired) electrons. The van der Waals surface area contributed by atoms with Crippen molar-refractivity contribution in [1.82, 2.24) is 15.5 Å². The molecule has 2 aliphatic rings. The maximum Gasteiger partial charge on any atom is 0.0687 e. The Labute approximate surface area is 97.0 Å². The molecule has 3 rings (SSSR count). The summed E-state index contributed by atoms with van der Waals surface area (Å²) in [6, 6.07) is 0. The number of hydrogen-bond acceptors (Lipinski definition) is 2. The minimum atomic E-state index is 0.639. The molecule has 2 heterocycles. The van der Waals surface area contributed by atoms with Crippen molar-refractivity contribution in [2.75, 3.05) is 13.1 Å². The van der Waals surface area contributed by atoms with E-state index >= 15 is 0 Å². The first-order chi connectivity index (χ1) is 7.86. The van der Waals surface area contributed by atoms with Crippen molar-refractivity contribution in [3.05, 3.63) is 17.0 Å². The van der Waals surface area contributed by atoms with Crippen molar-refractivity contribution in [3.63, 3.8) is 0 Å². The molecule has 1 aromatic heterocycles. The number of aromatic amines is 1. The van der Waals surface area contributed by atoms with E-state index in [0.29, 0.717) is 5.92 Å². The van der Waals surface area contributed by atoms with Crippen LogP contribution in [0.4, 0.5) is 0 Å². The zero-order valence-corrected chi connectivity index (χ0v) is 10.1. The Morgan fingerprint density at radius 2 is 2.06 bits per heavy atom. The molecule has 0 spiro atoms. The summed E-state index contributed by atoms with van der Waals surface area (Å²) < 4.78 is 0. The second-order valence-electron chi connectivity index (χ2n) is 5.30. The number of nitrogens with one attached hydrogen (secondary N) is 2. The monoisotopic (exact) mass is 219 g/mol. The van der Waals surface area contributed by atoms with Crippen molar-refractivity contribution in [1.29, 1.82) is 0 Å². The van der Waals surface area contributed by atoms with E-state index in [4.69, 9.17) is 0 Å². The van der Waals surface area contributed by atoms with Gasteiger partial charge in [0.2, 0.25) is 0 Å². The van der Waals surface area contributed by atoms with Gasteiger partial charge < -0.3 is 5.32 Å². The maximum absolute atomic E-state index is 4.57. The van der Waals surface area contributed by atoms with Gasteiger partial charge in [-0.3, -0.25) is 5.10 Å². The molecule has 1 saturated heterocycles. The molecular weight excluding hydrogens is 198 g/mol. The van der Waals surface area contributed by atoms with Crippen molar-refractivity contribution in [2.24, 2.45) is 5.92 Å². The lowest BCUT2D eigenvalue weighted by Gasteiger charge is -2.27. The normalized spacial score (nSPS) is 23.3. The Bertz CT molecular complexity index is 363. The van der Waals surface area contributed by atoms with Crippen molar-refractivity contribution >= 4 is 0 Å². The van der Waals surface area contributed by atoms with E-state index in [0.717, 1.165) is 5.92 Å². The Hall–Kier alpha value is -0.830. The van der Waals surface area contributed by atoms with E-state index in [2.05, 4.69) is 22.4 Å². The van der Waals surface area contributed by atoms with E-state index in [1.54, 1.807) is 5.56 Å². The molecule has 2 N–H and O–H groups in total. The van der Waals surface area contributed by atoms with Gasteiger partial charge in [-0.05, 0) is 56.7 Å². The van der Waals surface area contributed by atoms with Gasteiger partial charge in [0, 0.05) is 11.6 Å². The quantitative estimate of drug-likeness (QED) is 0.798. The third kappa shape index (κ3) is 1.67. The van der Waals surface area contributed by atoms with Crippen molar-refractivity contribution < 1.29 is 0 Å². The van der Waals surface area contributed by atoms with Crippen LogP contribution in [0.5, 0.6) is 0 Å². The van der Waals surface area contributed by atoms with E-state index in [-0.39, 0.29) is 0 Å². The number of hydrogen-bond donors (Lipinski definition) is 2. The van der Waals surface area contributed by atoms with Crippen LogP contribution in [-0.4, -0.2) is 23.3 Å². The number of H-pyrrole nitrogens is 1. The van der Waals surface area contributed by atoms with E-state index < -0.39 is 0 Å². The molecule has 0 bridgehead atoms. The molecule has 1 aliphatic heterocycles. The lowest BCUT2D eigenvalue weighted by Crippen LogP contribution is -2.30. The highest BCUT2D eigenvalue weighted by Gasteiger charge is 2.27. The van der Waals surface area contributed by atoms with Crippen LogP contribution in [0.3, 0.4) is 0 Å². The maximum atomic E-state index is 4.57. The summed E-state index contributed by atoms with van der Waals surface area (Å²) in [5.41, 5.74) is 4.33. The summed E-state index contributed by atoms with van der Waals surface area (Å²) in [6.45, 7) is 4.73. The molecule has 3 heteroatoms. The molecule has 1 aromatic rings. The SMILES string of the molecule is CC(c1n[nH]c2c1CCC2)C1CCNCC1. The second kappa shape index (κ2) is 4.21. The Morgan fingerprint density at radius 1 is 1.25 bits per heavy atom. The number of nitrogens with zero attached hydrogens (tertiary/aromatic N) is 1. The lowest BCUT2D eigenvalue weighted by atomic mass is 9.83. The number of rotatable bonds is 2. The van der Waals surface area contributed by atoms with Crippen LogP contribution in [-0.2, 0) is 12.8 Å². The summed E-state index contributed by atoms with van der Waals surface area (Å²) in [5, 5.41) is 11.2. The highest BCUT2D eigenvalue weighted by Crippen LogP contribution is 2.34. The molecule has 1 unspecified atom stereocenters. The van der Waals surface area contributed by atoms with Crippen LogP contribution >= 0.6 is 0 Å². The third-order valence-electron chi connectivity index (χ3n) is 4.36. The number of aromatic nitrogens is 2. The topological polar surface area (TPSA) is 40.7 Å². The van der Waals surface area contributed by atoms with Gasteiger partial charge in [-0.25, -0.2) is 0 Å². The minimum absolute atomic E-state index is 0.639. The predicted octanol–water partition coefficient (Wildman–Crippen LogP) is 2.00. The van der Waals surface area contributed by atoms with Crippen molar-refractivity contribution in [3.8, 4) is 0 Å². The summed E-state index contributed by atoms with van der Waals surface area (Å²) >= 11 is 0. The molecule has 0 saturated carbocycles. The Kier molecular flexibility index (Phi) is 2.72. The first-order valence-electron chi connectivity index (χ1n) is 6.63. The highest BCUT2D eigenvalue weighted by atomic mass is 15.1. The van der Waals surface area contributed by atoms with Gasteiger partial charge >= 0.3 is 0 Å². The van der Waals surface area contributed by atoms with Gasteiger partial charge in [0.05, 0.1) is 5.69 Å². The van der Waals surface area contributed by atoms with Gasteiger partial charge in [0.15, 0.2) is 0 Å². The average Bonchev–Trinajstić information content (AvgIpc) is 2.91. The standard InChI is InChI=1S/C13H21N3/c1-9(10-5-7-14-8-6-10)13-11-3-2-4-12(11)15-16-13/h9-10,14H,2-8H2,1H3,(H,15,16).